The lowest BCUT2D eigenvalue weighted by Crippen LogP contribution is -2.55. The molecule has 0 spiro atoms. The highest BCUT2D eigenvalue weighted by atomic mass is 16.4. The summed E-state index contributed by atoms with van der Waals surface area (Å²) in [7, 11) is 0. The van der Waals surface area contributed by atoms with Crippen LogP contribution in [0.1, 0.15) is 121 Å². The van der Waals surface area contributed by atoms with Crippen molar-refractivity contribution in [2.45, 2.75) is 172 Å². The molecule has 11 N–H and O–H groups in total. The monoisotopic (exact) mass is 863 g/mol. The number of nitrogens with one attached hydrogen (secondary N) is 2. The number of aromatic hydroxyl groups is 1. The van der Waals surface area contributed by atoms with Gasteiger partial charge >= 0.3 is 5.97 Å². The van der Waals surface area contributed by atoms with E-state index in [9.17, 15) is 50.8 Å². The number of phenols is 1. The van der Waals surface area contributed by atoms with Crippen LogP contribution in [0, 0.1) is 23.7 Å². The first-order chi connectivity index (χ1) is 29.6. The van der Waals surface area contributed by atoms with Crippen molar-refractivity contribution in [1.29, 1.82) is 0 Å². The summed E-state index contributed by atoms with van der Waals surface area (Å²) in [5.41, 5.74) is 3.78. The van der Waals surface area contributed by atoms with Crippen molar-refractivity contribution in [2.75, 3.05) is 13.2 Å². The molecule has 12 heteroatoms. The molecule has 2 aliphatic rings. The Hall–Kier alpha value is -3.61. The normalized spacial score (nSPS) is 25.5. The lowest BCUT2D eigenvalue weighted by atomic mass is 9.78. The number of aliphatic hydroxyl groups is 7. The van der Waals surface area contributed by atoms with Crippen LogP contribution in [0.25, 0.3) is 0 Å². The molecule has 2 aromatic carbocycles. The van der Waals surface area contributed by atoms with E-state index >= 15 is 0 Å². The first-order valence-electron chi connectivity index (χ1n) is 22.8. The lowest BCUT2D eigenvalue weighted by Gasteiger charge is -2.39. The van der Waals surface area contributed by atoms with E-state index in [0.29, 0.717) is 37.7 Å². The van der Waals surface area contributed by atoms with E-state index in [1.807, 2.05) is 26.0 Å². The van der Waals surface area contributed by atoms with Crippen LogP contribution < -0.4 is 10.6 Å². The van der Waals surface area contributed by atoms with Crippen molar-refractivity contribution in [1.82, 2.24) is 10.6 Å². The van der Waals surface area contributed by atoms with Crippen molar-refractivity contribution in [2.24, 2.45) is 11.8 Å². The molecule has 1 saturated heterocycles. The van der Waals surface area contributed by atoms with E-state index in [0.717, 1.165) is 47.1 Å². The number of allylic oxidation sites excluding steroid dienone is 2. The molecule has 0 aromatic heterocycles. The number of hydrogen-bond acceptors (Lipinski definition) is 11. The SMILES string of the molecule is CCCCC(O)C(O)C=CC1=C(CC(O)CO)C(CCC(O)C2NC(C)CCC(CO)C2CC(=O)O)NC(C(C)(O)Cc2ccc(O)cc2)CC#Cc2c(CC)cccc2CC1. The molecule has 62 heavy (non-hydrogen) atoms. The van der Waals surface area contributed by atoms with Gasteiger partial charge in [0.2, 0.25) is 0 Å². The largest absolute Gasteiger partial charge is 0.508 e. The molecule has 2 aromatic rings. The zero-order valence-corrected chi connectivity index (χ0v) is 37.2. The van der Waals surface area contributed by atoms with Crippen LogP contribution in [-0.2, 0) is 24.1 Å². The fourth-order valence-electron chi connectivity index (χ4n) is 9.27. The van der Waals surface area contributed by atoms with Crippen molar-refractivity contribution in [3.63, 3.8) is 0 Å². The summed E-state index contributed by atoms with van der Waals surface area (Å²) in [5.74, 6) is 5.03. The number of rotatable bonds is 20. The smallest absolute Gasteiger partial charge is 0.303 e. The quantitative estimate of drug-likeness (QED) is 0.0832. The average Bonchev–Trinajstić information content (AvgIpc) is 3.40. The maximum absolute atomic E-state index is 12.5. The molecule has 11 unspecified atom stereocenters. The number of aryl methyl sites for hydroxylation is 2. The van der Waals surface area contributed by atoms with Gasteiger partial charge in [-0.2, -0.15) is 0 Å². The van der Waals surface area contributed by atoms with Gasteiger partial charge in [-0.05, 0) is 123 Å². The van der Waals surface area contributed by atoms with Crippen LogP contribution >= 0.6 is 0 Å². The minimum atomic E-state index is -1.44. The zero-order valence-electron chi connectivity index (χ0n) is 37.2. The highest BCUT2D eigenvalue weighted by Crippen LogP contribution is 2.34. The fourth-order valence-corrected chi connectivity index (χ4v) is 9.27. The second-order valence-electron chi connectivity index (χ2n) is 18.0. The van der Waals surface area contributed by atoms with E-state index < -0.39 is 66.6 Å². The molecule has 344 valence electrons. The summed E-state index contributed by atoms with van der Waals surface area (Å²) in [6, 6.07) is 10.7. The first-order valence-corrected chi connectivity index (χ1v) is 22.8. The first kappa shape index (κ1) is 51.0. The standard InChI is InChI=1S/C50H74N2O10/c1-5-7-13-44(57)45(58)25-21-36-20-19-35-11-8-10-34(6-2)40(35)12-9-14-47(50(4,62)29-33-16-22-38(55)23-17-33)52-43(41(36)27-39(56)31-54)24-26-46(59)49-42(28-48(60)61)37(30-53)18-15-32(3)51-49/h8,10-11,16-17,21-23,25,32,37,39,42-47,49,51-59,62H,5-7,13-15,18-20,24,26-31H2,1-4H3,(H,60,61). The van der Waals surface area contributed by atoms with Gasteiger partial charge in [0, 0.05) is 49.2 Å². The van der Waals surface area contributed by atoms with E-state index in [-0.39, 0.29) is 62.8 Å². The number of carbonyl (C=O) groups is 1. The molecular weight excluding hydrogens is 789 g/mol. The number of hydrogen-bond donors (Lipinski definition) is 11. The molecule has 2 heterocycles. The molecule has 0 bridgehead atoms. The second-order valence-corrected chi connectivity index (χ2v) is 18.0. The molecule has 0 radical (unpaired) electrons. The van der Waals surface area contributed by atoms with E-state index in [4.69, 9.17) is 0 Å². The third kappa shape index (κ3) is 15.0. The summed E-state index contributed by atoms with van der Waals surface area (Å²) in [6.45, 7) is 7.06. The van der Waals surface area contributed by atoms with E-state index in [1.165, 1.54) is 0 Å². The van der Waals surface area contributed by atoms with Crippen molar-refractivity contribution < 1.29 is 50.8 Å². The molecule has 0 aliphatic carbocycles. The number of carboxylic acids is 1. The van der Waals surface area contributed by atoms with E-state index in [1.54, 1.807) is 43.3 Å². The molecule has 11 atom stereocenters. The third-order valence-electron chi connectivity index (χ3n) is 13.0. The molecule has 1 fully saturated rings. The Morgan fingerprint density at radius 3 is 2.40 bits per heavy atom. The predicted molar refractivity (Wildman–Crippen MR) is 241 cm³/mol. The van der Waals surface area contributed by atoms with Gasteiger partial charge in [-0.3, -0.25) is 4.79 Å². The molecule has 0 amide bonds. The Morgan fingerprint density at radius 1 is 1.00 bits per heavy atom. The van der Waals surface area contributed by atoms with E-state index in [2.05, 4.69) is 35.5 Å². The van der Waals surface area contributed by atoms with Crippen LogP contribution in [0.5, 0.6) is 5.75 Å². The predicted octanol–water partition coefficient (Wildman–Crippen LogP) is 4.45. The van der Waals surface area contributed by atoms with Crippen LogP contribution in [0.2, 0.25) is 0 Å². The van der Waals surface area contributed by atoms with Crippen LogP contribution in [0.3, 0.4) is 0 Å². The number of benzene rings is 2. The summed E-state index contributed by atoms with van der Waals surface area (Å²) in [5, 5.41) is 106. The lowest BCUT2D eigenvalue weighted by molar-refractivity contribution is -0.139. The Kier molecular flexibility index (Phi) is 20.6. The van der Waals surface area contributed by atoms with Gasteiger partial charge in [0.1, 0.15) is 5.75 Å². The fraction of sp³-hybridized carbons (Fsp3) is 0.620. The average molecular weight is 863 g/mol. The van der Waals surface area contributed by atoms with Gasteiger partial charge in [-0.1, -0.05) is 81.0 Å². The number of aliphatic carboxylic acids is 1. The van der Waals surface area contributed by atoms with Crippen LogP contribution in [-0.4, -0.2) is 119 Å². The van der Waals surface area contributed by atoms with Gasteiger partial charge < -0.3 is 56.6 Å². The minimum Gasteiger partial charge on any atom is -0.508 e. The number of aliphatic hydroxyl groups excluding tert-OH is 6. The van der Waals surface area contributed by atoms with Crippen LogP contribution in [0.15, 0.2) is 65.8 Å². The Balaban J connectivity index is 1.92. The minimum absolute atomic E-state index is 0.00567. The molecule has 4 rings (SSSR count). The number of fused-ring (bicyclic) bond motifs is 1. The topological polar surface area (TPSA) is 223 Å². The van der Waals surface area contributed by atoms with Crippen molar-refractivity contribution >= 4 is 5.97 Å². The number of carboxylic acid groups (broad SMARTS) is 1. The molecule has 12 nitrogen and oxygen atoms in total. The third-order valence-corrected chi connectivity index (χ3v) is 13.0. The maximum atomic E-state index is 12.5. The summed E-state index contributed by atoms with van der Waals surface area (Å²) >= 11 is 0. The second kappa shape index (κ2) is 25.0. The molecule has 0 saturated carbocycles. The highest BCUT2D eigenvalue weighted by molar-refractivity contribution is 5.67. The highest BCUT2D eigenvalue weighted by Gasteiger charge is 2.40. The van der Waals surface area contributed by atoms with Crippen molar-refractivity contribution in [3.05, 3.63) is 88.0 Å². The van der Waals surface area contributed by atoms with Gasteiger partial charge in [-0.25, -0.2) is 0 Å². The van der Waals surface area contributed by atoms with Crippen LogP contribution in [0.4, 0.5) is 0 Å². The summed E-state index contributed by atoms with van der Waals surface area (Å²) in [6.07, 6.45) is 4.58. The van der Waals surface area contributed by atoms with Gasteiger partial charge in [-0.15, -0.1) is 0 Å². The maximum Gasteiger partial charge on any atom is 0.303 e. The van der Waals surface area contributed by atoms with Gasteiger partial charge in [0.25, 0.3) is 0 Å². The number of phenolic OH excluding ortho intramolecular Hbond substituents is 1. The Morgan fingerprint density at radius 2 is 1.74 bits per heavy atom. The van der Waals surface area contributed by atoms with Crippen molar-refractivity contribution in [3.8, 4) is 17.6 Å². The summed E-state index contributed by atoms with van der Waals surface area (Å²) < 4.78 is 0. The number of unbranched alkanes of at least 4 members (excludes halogenated alkanes) is 1. The zero-order chi connectivity index (χ0) is 45.4. The summed E-state index contributed by atoms with van der Waals surface area (Å²) in [4.78, 5) is 12.1. The Labute approximate surface area is 368 Å². The molecular formula is C50H74N2O10. The van der Waals surface area contributed by atoms with Gasteiger partial charge in [0.05, 0.1) is 43.0 Å². The Bertz CT molecular complexity index is 1820. The molecule has 2 aliphatic heterocycles. The van der Waals surface area contributed by atoms with Gasteiger partial charge in [0.15, 0.2) is 0 Å².